The summed E-state index contributed by atoms with van der Waals surface area (Å²) in [6.45, 7) is 1.12. The fraction of sp³-hybridized carbons (Fsp3) is 0.250. The first-order valence-electron chi connectivity index (χ1n) is 8.92. The van der Waals surface area contributed by atoms with Crippen LogP contribution in [0.1, 0.15) is 12.0 Å². The van der Waals surface area contributed by atoms with Gasteiger partial charge in [0.05, 0.1) is 10.9 Å². The van der Waals surface area contributed by atoms with E-state index in [2.05, 4.69) is 38.3 Å². The SMILES string of the molecule is COCCCn1c(=O)c2ccccc2n2c(SCc3cccc(Br)c3)nnc12. The van der Waals surface area contributed by atoms with Crippen molar-refractivity contribution in [3.63, 3.8) is 0 Å². The molecule has 0 radical (unpaired) electrons. The van der Waals surface area contributed by atoms with Crippen molar-refractivity contribution >= 4 is 44.4 Å². The normalized spacial score (nSPS) is 11.5. The van der Waals surface area contributed by atoms with Gasteiger partial charge >= 0.3 is 0 Å². The highest BCUT2D eigenvalue weighted by molar-refractivity contribution is 9.10. The fourth-order valence-corrected chi connectivity index (χ4v) is 4.50. The largest absolute Gasteiger partial charge is 0.385 e. The van der Waals surface area contributed by atoms with Crippen LogP contribution in [-0.4, -0.2) is 32.9 Å². The number of hydrogen-bond donors (Lipinski definition) is 0. The van der Waals surface area contributed by atoms with Crippen molar-refractivity contribution in [1.82, 2.24) is 19.2 Å². The van der Waals surface area contributed by atoms with E-state index >= 15 is 0 Å². The molecule has 2 heterocycles. The third-order valence-electron chi connectivity index (χ3n) is 4.47. The molecular weight excluding hydrogens is 440 g/mol. The van der Waals surface area contributed by atoms with E-state index in [1.54, 1.807) is 23.4 Å². The summed E-state index contributed by atoms with van der Waals surface area (Å²) in [7, 11) is 1.66. The van der Waals surface area contributed by atoms with Gasteiger partial charge in [0, 0.05) is 30.5 Å². The van der Waals surface area contributed by atoms with Gasteiger partial charge in [0.25, 0.3) is 5.56 Å². The fourth-order valence-electron chi connectivity index (χ4n) is 3.17. The molecule has 0 N–H and O–H groups in total. The van der Waals surface area contributed by atoms with E-state index in [-0.39, 0.29) is 5.56 Å². The van der Waals surface area contributed by atoms with Crippen LogP contribution in [0.2, 0.25) is 0 Å². The van der Waals surface area contributed by atoms with Gasteiger partial charge in [0.15, 0.2) is 5.16 Å². The van der Waals surface area contributed by atoms with Crippen molar-refractivity contribution in [3.8, 4) is 0 Å². The van der Waals surface area contributed by atoms with Crippen molar-refractivity contribution < 1.29 is 4.74 Å². The minimum absolute atomic E-state index is 0.0462. The van der Waals surface area contributed by atoms with Gasteiger partial charge in [-0.2, -0.15) is 0 Å². The molecule has 0 saturated carbocycles. The Labute approximate surface area is 174 Å². The topological polar surface area (TPSA) is 61.4 Å². The second-order valence-corrected chi connectivity index (χ2v) is 8.22. The number of hydrogen-bond acceptors (Lipinski definition) is 5. The molecule has 0 spiro atoms. The Bertz CT molecular complexity index is 1190. The highest BCUT2D eigenvalue weighted by Gasteiger charge is 2.16. The lowest BCUT2D eigenvalue weighted by Gasteiger charge is -2.11. The van der Waals surface area contributed by atoms with Gasteiger partial charge in [-0.3, -0.25) is 13.8 Å². The van der Waals surface area contributed by atoms with Gasteiger partial charge in [0.1, 0.15) is 0 Å². The summed E-state index contributed by atoms with van der Waals surface area (Å²) in [6.07, 6.45) is 0.734. The Morgan fingerprint density at radius 3 is 2.82 bits per heavy atom. The van der Waals surface area contributed by atoms with Crippen LogP contribution >= 0.6 is 27.7 Å². The number of methoxy groups -OCH3 is 1. The van der Waals surface area contributed by atoms with E-state index in [4.69, 9.17) is 4.74 Å². The number of para-hydroxylation sites is 1. The van der Waals surface area contributed by atoms with E-state index in [9.17, 15) is 4.79 Å². The number of benzene rings is 2. The van der Waals surface area contributed by atoms with Crippen LogP contribution < -0.4 is 5.56 Å². The van der Waals surface area contributed by atoms with E-state index in [0.29, 0.717) is 24.3 Å². The average molecular weight is 459 g/mol. The van der Waals surface area contributed by atoms with Crippen LogP contribution in [0.25, 0.3) is 16.7 Å². The van der Waals surface area contributed by atoms with Crippen LogP contribution in [0, 0.1) is 0 Å². The average Bonchev–Trinajstić information content (AvgIpc) is 3.13. The first-order chi connectivity index (χ1) is 13.7. The first kappa shape index (κ1) is 19.2. The van der Waals surface area contributed by atoms with Gasteiger partial charge in [-0.1, -0.05) is 52.0 Å². The van der Waals surface area contributed by atoms with Crippen molar-refractivity contribution in [3.05, 3.63) is 68.9 Å². The number of nitrogens with zero attached hydrogens (tertiary/aromatic N) is 4. The Morgan fingerprint density at radius 2 is 2.00 bits per heavy atom. The van der Waals surface area contributed by atoms with Gasteiger partial charge in [0.2, 0.25) is 5.78 Å². The number of halogens is 1. The van der Waals surface area contributed by atoms with Crippen LogP contribution in [-0.2, 0) is 17.0 Å². The van der Waals surface area contributed by atoms with Gasteiger partial charge < -0.3 is 4.74 Å². The van der Waals surface area contributed by atoms with Crippen molar-refractivity contribution in [2.75, 3.05) is 13.7 Å². The molecule has 0 unspecified atom stereocenters. The monoisotopic (exact) mass is 458 g/mol. The van der Waals surface area contributed by atoms with Crippen LogP contribution in [0.5, 0.6) is 0 Å². The minimum atomic E-state index is -0.0462. The van der Waals surface area contributed by atoms with Gasteiger partial charge in [-0.15, -0.1) is 10.2 Å². The number of aryl methyl sites for hydroxylation is 1. The Balaban J connectivity index is 1.79. The molecule has 144 valence electrons. The predicted molar refractivity (Wildman–Crippen MR) is 115 cm³/mol. The molecule has 0 aliphatic heterocycles. The summed E-state index contributed by atoms with van der Waals surface area (Å²) in [6, 6.07) is 15.8. The zero-order valence-corrected chi connectivity index (χ0v) is 17.7. The van der Waals surface area contributed by atoms with Crippen molar-refractivity contribution in [2.45, 2.75) is 23.9 Å². The molecule has 6 nitrogen and oxygen atoms in total. The van der Waals surface area contributed by atoms with Crippen LogP contribution in [0.15, 0.2) is 63.0 Å². The molecule has 0 atom stereocenters. The molecule has 0 aliphatic rings. The van der Waals surface area contributed by atoms with E-state index in [1.165, 1.54) is 5.56 Å². The maximum Gasteiger partial charge on any atom is 0.262 e. The molecule has 0 aliphatic carbocycles. The van der Waals surface area contributed by atoms with E-state index < -0.39 is 0 Å². The van der Waals surface area contributed by atoms with Crippen LogP contribution in [0.4, 0.5) is 0 Å². The lowest BCUT2D eigenvalue weighted by atomic mass is 10.2. The van der Waals surface area contributed by atoms with Gasteiger partial charge in [-0.25, -0.2) is 0 Å². The molecule has 0 fully saturated rings. The standard InChI is InChI=1S/C20H19BrN4O2S/c1-27-11-5-10-24-18(26)16-8-2-3-9-17(16)25-19(24)22-23-20(25)28-13-14-6-4-7-15(21)12-14/h2-4,6-9,12H,5,10-11,13H2,1H3. The van der Waals surface area contributed by atoms with Crippen LogP contribution in [0.3, 0.4) is 0 Å². The molecule has 2 aromatic heterocycles. The molecule has 28 heavy (non-hydrogen) atoms. The summed E-state index contributed by atoms with van der Waals surface area (Å²) in [5, 5.41) is 10.2. The number of aromatic nitrogens is 4. The third-order valence-corrected chi connectivity index (χ3v) is 5.96. The van der Waals surface area contributed by atoms with Crippen molar-refractivity contribution in [2.24, 2.45) is 0 Å². The summed E-state index contributed by atoms with van der Waals surface area (Å²) in [5.41, 5.74) is 1.97. The second kappa shape index (κ2) is 8.46. The summed E-state index contributed by atoms with van der Waals surface area (Å²) in [4.78, 5) is 13.0. The molecule has 2 aromatic carbocycles. The lowest BCUT2D eigenvalue weighted by molar-refractivity contribution is 0.190. The Kier molecular flexibility index (Phi) is 5.79. The summed E-state index contributed by atoms with van der Waals surface area (Å²) >= 11 is 5.11. The lowest BCUT2D eigenvalue weighted by Crippen LogP contribution is -2.24. The quantitative estimate of drug-likeness (QED) is 0.307. The molecule has 4 aromatic rings. The number of rotatable bonds is 7. The highest BCUT2D eigenvalue weighted by atomic mass is 79.9. The Hall–Kier alpha value is -2.16. The second-order valence-electron chi connectivity index (χ2n) is 6.36. The third kappa shape index (κ3) is 3.72. The molecule has 0 amide bonds. The van der Waals surface area contributed by atoms with Crippen molar-refractivity contribution in [1.29, 1.82) is 0 Å². The number of thioether (sulfide) groups is 1. The zero-order valence-electron chi connectivity index (χ0n) is 15.3. The maximum atomic E-state index is 13.0. The molecule has 0 saturated heterocycles. The molecular formula is C20H19BrN4O2S. The highest BCUT2D eigenvalue weighted by Crippen LogP contribution is 2.25. The number of ether oxygens (including phenoxy) is 1. The van der Waals surface area contributed by atoms with Gasteiger partial charge in [-0.05, 0) is 36.2 Å². The number of fused-ring (bicyclic) bond motifs is 3. The molecule has 8 heteroatoms. The smallest absolute Gasteiger partial charge is 0.262 e. The summed E-state index contributed by atoms with van der Waals surface area (Å²) in [5.74, 6) is 1.33. The Morgan fingerprint density at radius 1 is 1.14 bits per heavy atom. The zero-order chi connectivity index (χ0) is 19.5. The molecule has 0 bridgehead atoms. The molecule has 4 rings (SSSR count). The minimum Gasteiger partial charge on any atom is -0.385 e. The summed E-state index contributed by atoms with van der Waals surface area (Å²) < 4.78 is 9.86. The maximum absolute atomic E-state index is 13.0. The predicted octanol–water partition coefficient (Wildman–Crippen LogP) is 4.14. The van der Waals surface area contributed by atoms with E-state index in [0.717, 1.165) is 27.3 Å². The first-order valence-corrected chi connectivity index (χ1v) is 10.7. The van der Waals surface area contributed by atoms with E-state index in [1.807, 2.05) is 40.8 Å².